The quantitative estimate of drug-likeness (QED) is 0.386. The first-order chi connectivity index (χ1) is 14.1. The minimum atomic E-state index is -0.733. The van der Waals surface area contributed by atoms with Crippen LogP contribution in [0.3, 0.4) is 0 Å². The highest BCUT2D eigenvalue weighted by Gasteiger charge is 2.29. The van der Waals surface area contributed by atoms with Crippen LogP contribution >= 0.6 is 0 Å². The normalized spacial score (nSPS) is 12.0. The van der Waals surface area contributed by atoms with E-state index in [0.717, 1.165) is 28.3 Å². The Labute approximate surface area is 166 Å². The van der Waals surface area contributed by atoms with Crippen molar-refractivity contribution in [1.29, 1.82) is 0 Å². The Morgan fingerprint density at radius 3 is 2.24 bits per heavy atom. The molecular weight excluding hydrogens is 372 g/mol. The fraction of sp³-hybridized carbons (Fsp3) is 0.0909. The first-order valence-electron chi connectivity index (χ1n) is 8.94. The van der Waals surface area contributed by atoms with Crippen LogP contribution in [-0.4, -0.2) is 23.9 Å². The predicted molar refractivity (Wildman–Crippen MR) is 107 cm³/mol. The summed E-state index contributed by atoms with van der Waals surface area (Å²) >= 11 is 0. The fourth-order valence-corrected chi connectivity index (χ4v) is 3.62. The molecule has 0 bridgehead atoms. The maximum Gasteiger partial charge on any atom is 0.411 e. The van der Waals surface area contributed by atoms with Crippen LogP contribution in [0.2, 0.25) is 0 Å². The highest BCUT2D eigenvalue weighted by molar-refractivity contribution is 5.93. The van der Waals surface area contributed by atoms with Crippen molar-refractivity contribution in [3.63, 3.8) is 0 Å². The highest BCUT2D eigenvalue weighted by atomic mass is 16.6. The Morgan fingerprint density at radius 2 is 1.66 bits per heavy atom. The number of hydrogen-bond acceptors (Lipinski definition) is 5. The number of hydrogen-bond donors (Lipinski definition) is 1. The predicted octanol–water partition coefficient (Wildman–Crippen LogP) is 4.77. The van der Waals surface area contributed by atoms with Gasteiger partial charge in [-0.2, -0.15) is 0 Å². The number of fused-ring (bicyclic) bond motifs is 3. The summed E-state index contributed by atoms with van der Waals surface area (Å²) in [7, 11) is 0. The van der Waals surface area contributed by atoms with Gasteiger partial charge in [0, 0.05) is 23.6 Å². The standard InChI is InChI=1S/C22H16N2O5/c25-12-14-11-15(24(27)28)9-10-21(14)23-22(26)29-13-20-18-7-3-1-5-16(18)17-6-2-4-8-19(17)20/h1-12,20H,13H2,(H,23,26). The van der Waals surface area contributed by atoms with E-state index in [1.807, 2.05) is 48.5 Å². The van der Waals surface area contributed by atoms with Crippen molar-refractivity contribution < 1.29 is 19.2 Å². The van der Waals surface area contributed by atoms with E-state index in [0.29, 0.717) is 6.29 Å². The minimum absolute atomic E-state index is 0.00714. The Hall–Kier alpha value is -4.00. The molecule has 0 radical (unpaired) electrons. The van der Waals surface area contributed by atoms with Gasteiger partial charge in [0.1, 0.15) is 6.61 Å². The number of nitro groups is 1. The van der Waals surface area contributed by atoms with E-state index in [4.69, 9.17) is 4.74 Å². The maximum absolute atomic E-state index is 12.3. The smallest absolute Gasteiger partial charge is 0.411 e. The van der Waals surface area contributed by atoms with E-state index in [-0.39, 0.29) is 29.5 Å². The Morgan fingerprint density at radius 1 is 1.03 bits per heavy atom. The molecule has 7 heteroatoms. The van der Waals surface area contributed by atoms with Crippen molar-refractivity contribution in [3.05, 3.63) is 93.5 Å². The van der Waals surface area contributed by atoms with E-state index in [1.54, 1.807) is 0 Å². The average molecular weight is 388 g/mol. The number of aldehydes is 1. The zero-order valence-electron chi connectivity index (χ0n) is 15.2. The number of rotatable bonds is 5. The van der Waals surface area contributed by atoms with E-state index < -0.39 is 11.0 Å². The topological polar surface area (TPSA) is 98.5 Å². The molecule has 0 atom stereocenters. The fourth-order valence-electron chi connectivity index (χ4n) is 3.62. The third kappa shape index (κ3) is 3.45. The average Bonchev–Trinajstić information content (AvgIpc) is 3.06. The number of non-ortho nitro benzene ring substituents is 1. The summed E-state index contributed by atoms with van der Waals surface area (Å²) in [6, 6.07) is 19.6. The molecule has 0 spiro atoms. The summed E-state index contributed by atoms with van der Waals surface area (Å²) in [5.41, 5.74) is 4.35. The lowest BCUT2D eigenvalue weighted by Gasteiger charge is -2.15. The van der Waals surface area contributed by atoms with Gasteiger partial charge < -0.3 is 4.74 Å². The Bertz CT molecular complexity index is 1080. The van der Waals surface area contributed by atoms with Gasteiger partial charge in [-0.25, -0.2) is 4.79 Å². The number of anilines is 1. The number of nitrogens with one attached hydrogen (secondary N) is 1. The molecule has 7 nitrogen and oxygen atoms in total. The van der Waals surface area contributed by atoms with Crippen molar-refractivity contribution in [2.75, 3.05) is 11.9 Å². The van der Waals surface area contributed by atoms with Crippen LogP contribution in [0.25, 0.3) is 11.1 Å². The molecule has 4 rings (SSSR count). The van der Waals surface area contributed by atoms with E-state index in [1.165, 1.54) is 12.1 Å². The summed E-state index contributed by atoms with van der Waals surface area (Å²) in [4.78, 5) is 33.7. The minimum Gasteiger partial charge on any atom is -0.448 e. The Balaban J connectivity index is 1.50. The van der Waals surface area contributed by atoms with Crippen LogP contribution in [0.1, 0.15) is 27.4 Å². The van der Waals surface area contributed by atoms with Gasteiger partial charge in [0.2, 0.25) is 0 Å². The molecule has 1 N–H and O–H groups in total. The molecule has 3 aromatic carbocycles. The molecule has 0 saturated heterocycles. The lowest BCUT2D eigenvalue weighted by molar-refractivity contribution is -0.384. The molecule has 144 valence electrons. The van der Waals surface area contributed by atoms with Gasteiger partial charge in [-0.15, -0.1) is 0 Å². The second kappa shape index (κ2) is 7.55. The lowest BCUT2D eigenvalue weighted by Crippen LogP contribution is -2.18. The molecule has 0 fully saturated rings. The van der Waals surface area contributed by atoms with Gasteiger partial charge in [-0.1, -0.05) is 48.5 Å². The van der Waals surface area contributed by atoms with Crippen LogP contribution in [-0.2, 0) is 4.74 Å². The van der Waals surface area contributed by atoms with Crippen molar-refractivity contribution in [3.8, 4) is 11.1 Å². The maximum atomic E-state index is 12.3. The molecule has 0 aliphatic heterocycles. The van der Waals surface area contributed by atoms with Crippen LogP contribution in [0.15, 0.2) is 66.7 Å². The zero-order valence-corrected chi connectivity index (χ0v) is 15.2. The monoisotopic (exact) mass is 388 g/mol. The molecule has 29 heavy (non-hydrogen) atoms. The summed E-state index contributed by atoms with van der Waals surface area (Å²) in [6.07, 6.45) is -0.282. The molecule has 0 aromatic heterocycles. The van der Waals surface area contributed by atoms with Gasteiger partial charge in [0.15, 0.2) is 6.29 Å². The van der Waals surface area contributed by atoms with E-state index in [9.17, 15) is 19.7 Å². The molecule has 3 aromatic rings. The number of ether oxygens (including phenoxy) is 1. The zero-order chi connectivity index (χ0) is 20.4. The second-order valence-electron chi connectivity index (χ2n) is 6.60. The first kappa shape index (κ1) is 18.4. The van der Waals surface area contributed by atoms with Crippen molar-refractivity contribution in [2.45, 2.75) is 5.92 Å². The molecule has 1 aliphatic carbocycles. The van der Waals surface area contributed by atoms with Crippen LogP contribution in [0.5, 0.6) is 0 Å². The number of nitro benzene ring substituents is 1. The number of amides is 1. The van der Waals surface area contributed by atoms with Crippen molar-refractivity contribution in [1.82, 2.24) is 0 Å². The van der Waals surface area contributed by atoms with Crippen LogP contribution in [0.4, 0.5) is 16.2 Å². The molecule has 0 saturated carbocycles. The van der Waals surface area contributed by atoms with E-state index in [2.05, 4.69) is 5.32 Å². The van der Waals surface area contributed by atoms with E-state index >= 15 is 0 Å². The molecule has 0 heterocycles. The first-order valence-corrected chi connectivity index (χ1v) is 8.94. The summed E-state index contributed by atoms with van der Waals surface area (Å²) in [5.74, 6) is -0.0875. The van der Waals surface area contributed by atoms with Crippen LogP contribution in [0, 0.1) is 10.1 Å². The van der Waals surface area contributed by atoms with Gasteiger partial charge >= 0.3 is 6.09 Å². The van der Waals surface area contributed by atoms with Crippen molar-refractivity contribution >= 4 is 23.8 Å². The van der Waals surface area contributed by atoms with Crippen molar-refractivity contribution in [2.24, 2.45) is 0 Å². The number of carbonyl (C=O) groups excluding carboxylic acids is 2. The molecule has 1 aliphatic rings. The molecule has 0 unspecified atom stereocenters. The Kier molecular flexibility index (Phi) is 4.78. The van der Waals surface area contributed by atoms with Crippen LogP contribution < -0.4 is 5.32 Å². The number of carbonyl (C=O) groups is 2. The van der Waals surface area contributed by atoms with Gasteiger partial charge in [0.05, 0.1) is 10.6 Å². The third-order valence-corrected chi connectivity index (χ3v) is 4.95. The SMILES string of the molecule is O=Cc1cc([N+](=O)[O-])ccc1NC(=O)OCC1c2ccccc2-c2ccccc21. The number of benzene rings is 3. The largest absolute Gasteiger partial charge is 0.448 e. The molecule has 1 amide bonds. The second-order valence-corrected chi connectivity index (χ2v) is 6.60. The summed E-state index contributed by atoms with van der Waals surface area (Å²) in [5, 5.41) is 13.3. The highest BCUT2D eigenvalue weighted by Crippen LogP contribution is 2.44. The van der Waals surface area contributed by atoms with Gasteiger partial charge in [-0.05, 0) is 28.3 Å². The van der Waals surface area contributed by atoms with Gasteiger partial charge in [-0.3, -0.25) is 20.2 Å². The third-order valence-electron chi connectivity index (χ3n) is 4.95. The summed E-state index contributed by atoms with van der Waals surface area (Å²) in [6.45, 7) is 0.128. The number of nitrogens with zero attached hydrogens (tertiary/aromatic N) is 1. The summed E-state index contributed by atoms with van der Waals surface area (Å²) < 4.78 is 5.42. The molecular formula is C22H16N2O5. The lowest BCUT2D eigenvalue weighted by atomic mass is 9.98. The van der Waals surface area contributed by atoms with Gasteiger partial charge in [0.25, 0.3) is 5.69 Å².